The maximum atomic E-state index is 11.8. The number of unbranched alkanes of at least 4 members (excludes halogenated alkanes) is 1. The monoisotopic (exact) mass is 349 g/mol. The van der Waals surface area contributed by atoms with Crippen molar-refractivity contribution in [3.05, 3.63) is 0 Å². The molecule has 0 aliphatic carbocycles. The van der Waals surface area contributed by atoms with Crippen molar-refractivity contribution in [3.8, 4) is 0 Å². The Morgan fingerprint density at radius 1 is 1.17 bits per heavy atom. The normalized spacial score (nSPS) is 19.3. The van der Waals surface area contributed by atoms with Crippen molar-refractivity contribution >= 4 is 16.1 Å². The summed E-state index contributed by atoms with van der Waals surface area (Å²) < 4.78 is 38.3. The average Bonchev–Trinajstić information content (AvgIpc) is 2.51. The van der Waals surface area contributed by atoms with Crippen molar-refractivity contribution in [3.63, 3.8) is 0 Å². The van der Waals surface area contributed by atoms with Crippen molar-refractivity contribution in [2.24, 2.45) is 5.92 Å². The van der Waals surface area contributed by atoms with Crippen LogP contribution in [0.25, 0.3) is 0 Å². The number of likely N-dealkylation sites (tertiary alicyclic amines) is 1. The first-order valence-corrected chi connectivity index (χ1v) is 10.3. The zero-order valence-electron chi connectivity index (χ0n) is 14.5. The fourth-order valence-corrected chi connectivity index (χ4v) is 3.67. The molecule has 1 heterocycles. The zero-order chi connectivity index (χ0) is 17.3. The number of esters is 1. The highest BCUT2D eigenvalue weighted by molar-refractivity contribution is 7.85. The van der Waals surface area contributed by atoms with Gasteiger partial charge in [-0.3, -0.25) is 4.79 Å². The van der Waals surface area contributed by atoms with Gasteiger partial charge in [-0.25, -0.2) is 8.42 Å². The summed E-state index contributed by atoms with van der Waals surface area (Å²) in [5.41, 5.74) is 0. The van der Waals surface area contributed by atoms with Gasteiger partial charge in [-0.05, 0) is 38.5 Å². The number of carbonyl (C=O) groups is 1. The molecule has 1 aliphatic heterocycles. The molecule has 0 aromatic heterocycles. The minimum Gasteiger partial charge on any atom is -0.748 e. The van der Waals surface area contributed by atoms with Crippen LogP contribution in [0, 0.1) is 5.92 Å². The quantitative estimate of drug-likeness (QED) is 0.260. The van der Waals surface area contributed by atoms with E-state index in [1.807, 2.05) is 13.8 Å². The highest BCUT2D eigenvalue weighted by atomic mass is 32.2. The van der Waals surface area contributed by atoms with Crippen LogP contribution in [0.2, 0.25) is 0 Å². The summed E-state index contributed by atoms with van der Waals surface area (Å²) in [6.45, 7) is 7.99. The third-order valence-electron chi connectivity index (χ3n) is 4.87. The average molecular weight is 349 g/mol. The predicted molar refractivity (Wildman–Crippen MR) is 87.8 cm³/mol. The van der Waals surface area contributed by atoms with E-state index in [9.17, 15) is 17.8 Å². The molecule has 1 unspecified atom stereocenters. The van der Waals surface area contributed by atoms with E-state index >= 15 is 0 Å². The van der Waals surface area contributed by atoms with Crippen molar-refractivity contribution in [1.82, 2.24) is 0 Å². The molecule has 0 bridgehead atoms. The standard InChI is InChI=1S/C16H31NO5S/c1-3-15(2)16(18)22-13-12-17(9-5-4-6-10-17)11-7-8-14-23(19,20)21/h15H,3-14H2,1-2H3. The van der Waals surface area contributed by atoms with Gasteiger partial charge in [0.1, 0.15) is 13.2 Å². The third-order valence-corrected chi connectivity index (χ3v) is 5.66. The summed E-state index contributed by atoms with van der Waals surface area (Å²) in [4.78, 5) is 11.8. The molecule has 1 rings (SSSR count). The topological polar surface area (TPSA) is 83.5 Å². The molecule has 0 saturated carbocycles. The van der Waals surface area contributed by atoms with Gasteiger partial charge < -0.3 is 13.8 Å². The van der Waals surface area contributed by atoms with E-state index in [2.05, 4.69) is 0 Å². The van der Waals surface area contributed by atoms with Gasteiger partial charge in [0.05, 0.1) is 35.7 Å². The van der Waals surface area contributed by atoms with Gasteiger partial charge in [0.25, 0.3) is 0 Å². The summed E-state index contributed by atoms with van der Waals surface area (Å²) in [6, 6.07) is 0. The van der Waals surface area contributed by atoms with Gasteiger partial charge in [-0.15, -0.1) is 0 Å². The summed E-state index contributed by atoms with van der Waals surface area (Å²) in [7, 11) is -4.11. The predicted octanol–water partition coefficient (Wildman–Crippen LogP) is 1.90. The van der Waals surface area contributed by atoms with E-state index in [1.165, 1.54) is 6.42 Å². The number of nitrogens with zero attached hydrogens (tertiary/aromatic N) is 1. The van der Waals surface area contributed by atoms with Gasteiger partial charge in [0.15, 0.2) is 0 Å². The van der Waals surface area contributed by atoms with E-state index in [0.717, 1.165) is 56.3 Å². The third kappa shape index (κ3) is 8.13. The first kappa shape index (κ1) is 20.4. The number of hydrogen-bond acceptors (Lipinski definition) is 5. The van der Waals surface area contributed by atoms with Gasteiger partial charge >= 0.3 is 5.97 Å². The molecule has 0 radical (unpaired) electrons. The Labute approximate surface area is 140 Å². The van der Waals surface area contributed by atoms with E-state index in [1.54, 1.807) is 0 Å². The highest BCUT2D eigenvalue weighted by Gasteiger charge is 2.29. The Balaban J connectivity index is 2.43. The molecule has 136 valence electrons. The van der Waals surface area contributed by atoms with Crippen molar-refractivity contribution in [2.75, 3.05) is 38.5 Å². The van der Waals surface area contributed by atoms with Crippen LogP contribution in [0.5, 0.6) is 0 Å². The van der Waals surface area contributed by atoms with E-state index in [-0.39, 0.29) is 17.6 Å². The number of hydrogen-bond donors (Lipinski definition) is 0. The van der Waals surface area contributed by atoms with Crippen LogP contribution in [0.15, 0.2) is 0 Å². The van der Waals surface area contributed by atoms with Crippen molar-refractivity contribution in [1.29, 1.82) is 0 Å². The summed E-state index contributed by atoms with van der Waals surface area (Å²) in [5.74, 6) is -0.483. The molecule has 6 nitrogen and oxygen atoms in total. The second kappa shape index (κ2) is 9.59. The van der Waals surface area contributed by atoms with Crippen LogP contribution in [0.1, 0.15) is 52.4 Å². The Bertz CT molecular complexity index is 457. The number of rotatable bonds is 10. The van der Waals surface area contributed by atoms with E-state index in [0.29, 0.717) is 13.0 Å². The molecule has 0 amide bonds. The fraction of sp³-hybridized carbons (Fsp3) is 0.938. The lowest BCUT2D eigenvalue weighted by Gasteiger charge is -2.41. The Hall–Kier alpha value is -0.660. The summed E-state index contributed by atoms with van der Waals surface area (Å²) in [6.07, 6.45) is 5.45. The minimum atomic E-state index is -4.11. The van der Waals surface area contributed by atoms with Crippen LogP contribution in [-0.2, 0) is 19.6 Å². The molecule has 0 aromatic carbocycles. The molecule has 7 heteroatoms. The lowest BCUT2D eigenvalue weighted by molar-refractivity contribution is -0.932. The van der Waals surface area contributed by atoms with Crippen molar-refractivity contribution in [2.45, 2.75) is 52.4 Å². The largest absolute Gasteiger partial charge is 0.748 e. The van der Waals surface area contributed by atoms with Gasteiger partial charge in [-0.1, -0.05) is 13.8 Å². The molecule has 1 aliphatic rings. The molecule has 23 heavy (non-hydrogen) atoms. The lowest BCUT2D eigenvalue weighted by Crippen LogP contribution is -2.54. The van der Waals surface area contributed by atoms with Crippen LogP contribution in [0.4, 0.5) is 0 Å². The first-order chi connectivity index (χ1) is 10.8. The second-order valence-corrected chi connectivity index (χ2v) is 8.27. The highest BCUT2D eigenvalue weighted by Crippen LogP contribution is 2.20. The van der Waals surface area contributed by atoms with Gasteiger partial charge in [0.2, 0.25) is 0 Å². The minimum absolute atomic E-state index is 0.0629. The Morgan fingerprint density at radius 2 is 1.83 bits per heavy atom. The second-order valence-electron chi connectivity index (χ2n) is 6.74. The SMILES string of the molecule is CCC(C)C(=O)OCC[N+]1(CCCCS(=O)(=O)[O-])CCCCC1. The van der Waals surface area contributed by atoms with Crippen LogP contribution in [0.3, 0.4) is 0 Å². The fourth-order valence-electron chi connectivity index (χ4n) is 3.12. The molecule has 0 N–H and O–H groups in total. The molecular weight excluding hydrogens is 318 g/mol. The number of ether oxygens (including phenoxy) is 1. The number of quaternary nitrogens is 1. The molecule has 1 fully saturated rings. The summed E-state index contributed by atoms with van der Waals surface area (Å²) >= 11 is 0. The van der Waals surface area contributed by atoms with Crippen LogP contribution in [-0.4, -0.2) is 62.0 Å². The van der Waals surface area contributed by atoms with E-state index in [4.69, 9.17) is 4.74 Å². The van der Waals surface area contributed by atoms with Gasteiger partial charge in [0, 0.05) is 5.75 Å². The maximum absolute atomic E-state index is 11.8. The number of piperidine rings is 1. The smallest absolute Gasteiger partial charge is 0.308 e. The summed E-state index contributed by atoms with van der Waals surface area (Å²) in [5, 5.41) is 0. The van der Waals surface area contributed by atoms with Crippen LogP contribution < -0.4 is 0 Å². The number of carbonyl (C=O) groups excluding carboxylic acids is 1. The molecule has 0 aromatic rings. The molecule has 1 atom stereocenters. The van der Waals surface area contributed by atoms with E-state index < -0.39 is 10.1 Å². The Morgan fingerprint density at radius 3 is 2.39 bits per heavy atom. The van der Waals surface area contributed by atoms with Crippen molar-refractivity contribution < 1.29 is 27.0 Å². The van der Waals surface area contributed by atoms with Crippen LogP contribution >= 0.6 is 0 Å². The first-order valence-electron chi connectivity index (χ1n) is 8.73. The lowest BCUT2D eigenvalue weighted by atomic mass is 10.1. The molecular formula is C16H31NO5S. The molecule has 1 saturated heterocycles. The Kier molecular flexibility index (Phi) is 8.50. The van der Waals surface area contributed by atoms with Gasteiger partial charge in [-0.2, -0.15) is 0 Å². The maximum Gasteiger partial charge on any atom is 0.308 e. The molecule has 0 spiro atoms. The zero-order valence-corrected chi connectivity index (χ0v) is 15.3.